The van der Waals surface area contributed by atoms with E-state index in [-0.39, 0.29) is 17.9 Å². The Morgan fingerprint density at radius 3 is 2.17 bits per heavy atom. The zero-order chi connectivity index (χ0) is 16.7. The lowest BCUT2D eigenvalue weighted by atomic mass is 10.0. The third-order valence-electron chi connectivity index (χ3n) is 3.18. The molecule has 2 aromatic carbocycles. The molecule has 0 saturated carbocycles. The number of aliphatic hydroxyl groups is 1. The molecule has 0 amide bonds. The highest BCUT2D eigenvalue weighted by molar-refractivity contribution is 6.23. The normalized spacial score (nSPS) is 12.5. The average Bonchev–Trinajstić information content (AvgIpc) is 2.57. The summed E-state index contributed by atoms with van der Waals surface area (Å²) < 4.78 is 5.07. The van der Waals surface area contributed by atoms with Gasteiger partial charge in [0.2, 0.25) is 0 Å². The van der Waals surface area contributed by atoms with Crippen LogP contribution in [-0.4, -0.2) is 23.4 Å². The van der Waals surface area contributed by atoms with Gasteiger partial charge in [0.1, 0.15) is 11.3 Å². The maximum absolute atomic E-state index is 12.3. The quantitative estimate of drug-likeness (QED) is 0.387. The Bertz CT molecular complexity index is 719. The minimum absolute atomic E-state index is 0.0712. The summed E-state index contributed by atoms with van der Waals surface area (Å²) in [6.45, 7) is 3.63. The topological polar surface area (TPSA) is 58.9 Å². The van der Waals surface area contributed by atoms with Crippen molar-refractivity contribution in [1.82, 2.24) is 0 Å². The van der Waals surface area contributed by atoms with Crippen molar-refractivity contribution in [2.24, 2.45) is 4.99 Å². The van der Waals surface area contributed by atoms with E-state index in [9.17, 15) is 9.90 Å². The van der Waals surface area contributed by atoms with Gasteiger partial charge in [0.15, 0.2) is 0 Å². The number of esters is 1. The van der Waals surface area contributed by atoms with E-state index in [1.165, 1.54) is 0 Å². The maximum Gasteiger partial charge on any atom is 0.343 e. The molecule has 118 valence electrons. The second kappa shape index (κ2) is 7.94. The van der Waals surface area contributed by atoms with Crippen molar-refractivity contribution in [1.29, 1.82) is 0 Å². The van der Waals surface area contributed by atoms with E-state index < -0.39 is 5.97 Å². The number of carbonyl (C=O) groups excluding carboxylic acids is 1. The summed E-state index contributed by atoms with van der Waals surface area (Å²) in [7, 11) is 0. The van der Waals surface area contributed by atoms with Gasteiger partial charge in [-0.1, -0.05) is 48.5 Å². The van der Waals surface area contributed by atoms with E-state index in [0.29, 0.717) is 17.0 Å². The Balaban J connectivity index is 2.50. The molecule has 0 atom stereocenters. The standard InChI is InChI=1S/C19H19NO3/c1-3-23-19(22)17(18(21)15-10-6-4-7-11-15)14(2)20-16-12-8-5-9-13-16/h4-13,21H,3H2,1-2H3/b18-17+,20-14?. The van der Waals surface area contributed by atoms with Gasteiger partial charge in [-0.2, -0.15) is 0 Å². The van der Waals surface area contributed by atoms with Crippen molar-refractivity contribution < 1.29 is 14.6 Å². The van der Waals surface area contributed by atoms with E-state index in [1.807, 2.05) is 36.4 Å². The van der Waals surface area contributed by atoms with Gasteiger partial charge in [0.25, 0.3) is 0 Å². The number of hydrogen-bond donors (Lipinski definition) is 1. The predicted molar refractivity (Wildman–Crippen MR) is 91.8 cm³/mol. The van der Waals surface area contributed by atoms with Crippen LogP contribution in [0.25, 0.3) is 5.76 Å². The summed E-state index contributed by atoms with van der Waals surface area (Å²) in [5.74, 6) is -0.729. The third kappa shape index (κ3) is 4.30. The van der Waals surface area contributed by atoms with Gasteiger partial charge in [0.05, 0.1) is 18.0 Å². The zero-order valence-corrected chi connectivity index (χ0v) is 13.2. The molecule has 0 heterocycles. The summed E-state index contributed by atoms with van der Waals surface area (Å²) >= 11 is 0. The highest BCUT2D eigenvalue weighted by atomic mass is 16.5. The van der Waals surface area contributed by atoms with Crippen molar-refractivity contribution in [3.63, 3.8) is 0 Å². The van der Waals surface area contributed by atoms with E-state index in [1.54, 1.807) is 38.1 Å². The number of rotatable bonds is 5. The minimum atomic E-state index is -0.592. The number of ether oxygens (including phenoxy) is 1. The second-order valence-corrected chi connectivity index (χ2v) is 4.84. The predicted octanol–water partition coefficient (Wildman–Crippen LogP) is 4.31. The van der Waals surface area contributed by atoms with Crippen molar-refractivity contribution in [3.05, 3.63) is 71.8 Å². The molecule has 0 saturated heterocycles. The van der Waals surface area contributed by atoms with Crippen molar-refractivity contribution >= 4 is 23.1 Å². The first-order chi connectivity index (χ1) is 11.1. The van der Waals surface area contributed by atoms with Gasteiger partial charge in [-0.05, 0) is 26.0 Å². The molecule has 0 aromatic heterocycles. The number of benzene rings is 2. The lowest BCUT2D eigenvalue weighted by Crippen LogP contribution is -2.16. The highest BCUT2D eigenvalue weighted by Gasteiger charge is 2.21. The Labute approximate surface area is 135 Å². The number of carbonyl (C=O) groups is 1. The van der Waals surface area contributed by atoms with Crippen LogP contribution in [0.4, 0.5) is 5.69 Å². The van der Waals surface area contributed by atoms with Crippen LogP contribution >= 0.6 is 0 Å². The molecular weight excluding hydrogens is 290 g/mol. The molecule has 0 unspecified atom stereocenters. The summed E-state index contributed by atoms with van der Waals surface area (Å²) in [4.78, 5) is 16.7. The summed E-state index contributed by atoms with van der Waals surface area (Å²) in [6, 6.07) is 18.1. The molecule has 0 aliphatic carbocycles. The van der Waals surface area contributed by atoms with E-state index in [4.69, 9.17) is 4.74 Å². The van der Waals surface area contributed by atoms with Crippen LogP contribution < -0.4 is 0 Å². The maximum atomic E-state index is 12.3. The number of aliphatic hydroxyl groups excluding tert-OH is 1. The Hall–Kier alpha value is -2.88. The summed E-state index contributed by atoms with van der Waals surface area (Å²) in [6.07, 6.45) is 0. The highest BCUT2D eigenvalue weighted by Crippen LogP contribution is 2.21. The Morgan fingerprint density at radius 1 is 1.04 bits per heavy atom. The van der Waals surface area contributed by atoms with E-state index >= 15 is 0 Å². The van der Waals surface area contributed by atoms with Gasteiger partial charge < -0.3 is 9.84 Å². The van der Waals surface area contributed by atoms with Gasteiger partial charge >= 0.3 is 5.97 Å². The molecule has 2 rings (SSSR count). The first kappa shape index (κ1) is 16.5. The number of aliphatic imine (C=N–C) groups is 1. The largest absolute Gasteiger partial charge is 0.506 e. The van der Waals surface area contributed by atoms with Crippen LogP contribution in [0.2, 0.25) is 0 Å². The summed E-state index contributed by atoms with van der Waals surface area (Å²) in [5.41, 5.74) is 1.71. The molecular formula is C19H19NO3. The fourth-order valence-electron chi connectivity index (χ4n) is 2.11. The smallest absolute Gasteiger partial charge is 0.343 e. The monoisotopic (exact) mass is 309 g/mol. The van der Waals surface area contributed by atoms with Gasteiger partial charge in [-0.3, -0.25) is 4.99 Å². The van der Waals surface area contributed by atoms with Crippen molar-refractivity contribution in [3.8, 4) is 0 Å². The second-order valence-electron chi connectivity index (χ2n) is 4.84. The van der Waals surface area contributed by atoms with Crippen LogP contribution in [0, 0.1) is 0 Å². The van der Waals surface area contributed by atoms with Gasteiger partial charge in [-0.15, -0.1) is 0 Å². The molecule has 0 aliphatic rings. The lowest BCUT2D eigenvalue weighted by Gasteiger charge is -2.10. The van der Waals surface area contributed by atoms with Crippen LogP contribution in [-0.2, 0) is 9.53 Å². The Morgan fingerprint density at radius 2 is 1.61 bits per heavy atom. The number of nitrogens with zero attached hydrogens (tertiary/aromatic N) is 1. The molecule has 0 radical (unpaired) electrons. The zero-order valence-electron chi connectivity index (χ0n) is 13.2. The molecule has 0 aliphatic heterocycles. The molecule has 23 heavy (non-hydrogen) atoms. The number of hydrogen-bond acceptors (Lipinski definition) is 4. The Kier molecular flexibility index (Phi) is 5.69. The number of para-hydroxylation sites is 1. The molecule has 0 spiro atoms. The lowest BCUT2D eigenvalue weighted by molar-refractivity contribution is -0.137. The summed E-state index contributed by atoms with van der Waals surface area (Å²) in [5, 5.41) is 10.5. The molecule has 0 fully saturated rings. The van der Waals surface area contributed by atoms with Crippen LogP contribution in [0.1, 0.15) is 19.4 Å². The minimum Gasteiger partial charge on any atom is -0.506 e. The molecule has 4 nitrogen and oxygen atoms in total. The van der Waals surface area contributed by atoms with Gasteiger partial charge in [-0.25, -0.2) is 4.79 Å². The van der Waals surface area contributed by atoms with Crippen LogP contribution in [0.3, 0.4) is 0 Å². The van der Waals surface area contributed by atoms with E-state index in [2.05, 4.69) is 4.99 Å². The fourth-order valence-corrected chi connectivity index (χ4v) is 2.11. The van der Waals surface area contributed by atoms with Crippen molar-refractivity contribution in [2.45, 2.75) is 13.8 Å². The molecule has 4 heteroatoms. The fraction of sp³-hybridized carbons (Fsp3) is 0.158. The van der Waals surface area contributed by atoms with Crippen LogP contribution in [0.5, 0.6) is 0 Å². The third-order valence-corrected chi connectivity index (χ3v) is 3.18. The van der Waals surface area contributed by atoms with E-state index in [0.717, 1.165) is 0 Å². The average molecular weight is 309 g/mol. The van der Waals surface area contributed by atoms with Gasteiger partial charge in [0, 0.05) is 5.56 Å². The first-order valence-electron chi connectivity index (χ1n) is 7.40. The first-order valence-corrected chi connectivity index (χ1v) is 7.40. The van der Waals surface area contributed by atoms with Crippen LogP contribution in [0.15, 0.2) is 71.2 Å². The molecule has 2 aromatic rings. The van der Waals surface area contributed by atoms with Crippen molar-refractivity contribution in [2.75, 3.05) is 6.61 Å². The SMILES string of the molecule is CCOC(=O)/C(C(C)=Nc1ccccc1)=C(/O)c1ccccc1. The molecule has 0 bridgehead atoms. The molecule has 1 N–H and O–H groups in total.